The molecule has 0 saturated heterocycles. The number of carbonyl (C=O) groups is 2. The number of anilines is 1. The van der Waals surface area contributed by atoms with E-state index in [1.807, 2.05) is 67.6 Å². The van der Waals surface area contributed by atoms with Gasteiger partial charge in [-0.1, -0.05) is 54.1 Å². The van der Waals surface area contributed by atoms with E-state index in [0.29, 0.717) is 22.7 Å². The minimum atomic E-state index is -0.935. The molecule has 0 unspecified atom stereocenters. The quantitative estimate of drug-likeness (QED) is 0.526. The van der Waals surface area contributed by atoms with E-state index in [0.717, 1.165) is 16.8 Å². The molecule has 7 nitrogen and oxygen atoms in total. The molecule has 0 fully saturated rings. The number of nitrogens with two attached hydrogens (primary N) is 1. The fraction of sp³-hybridized carbons (Fsp3) is 0.115. The molecule has 0 saturated carbocycles. The fourth-order valence-electron chi connectivity index (χ4n) is 3.97. The van der Waals surface area contributed by atoms with Crippen LogP contribution in [0.3, 0.4) is 0 Å². The molecule has 1 atom stereocenters. The summed E-state index contributed by atoms with van der Waals surface area (Å²) in [7, 11) is 0. The number of benzene rings is 3. The summed E-state index contributed by atoms with van der Waals surface area (Å²) in [5.74, 6) is -0.467. The lowest BCUT2D eigenvalue weighted by Gasteiger charge is -2.33. The molecule has 0 radical (unpaired) electrons. The Labute approximate surface area is 191 Å². The lowest BCUT2D eigenvalue weighted by Crippen LogP contribution is -2.49. The molecule has 3 aromatic carbocycles. The number of aryl methyl sites for hydroxylation is 1. The predicted molar refractivity (Wildman–Crippen MR) is 125 cm³/mol. The van der Waals surface area contributed by atoms with E-state index in [1.165, 1.54) is 0 Å². The smallest absolute Gasteiger partial charge is 0.262 e. The molecule has 0 bridgehead atoms. The maximum atomic E-state index is 13.9. The van der Waals surface area contributed by atoms with Gasteiger partial charge in [-0.15, -0.1) is 0 Å². The number of ether oxygens (including phenoxy) is 1. The highest BCUT2D eigenvalue weighted by molar-refractivity contribution is 6.11. The minimum absolute atomic E-state index is 0.0228. The van der Waals surface area contributed by atoms with Gasteiger partial charge in [-0.25, -0.2) is 4.68 Å². The summed E-state index contributed by atoms with van der Waals surface area (Å²) in [4.78, 5) is 27.4. The number of carbonyl (C=O) groups excluding carboxylic acids is 2. The highest BCUT2D eigenvalue weighted by Crippen LogP contribution is 2.35. The van der Waals surface area contributed by atoms with Gasteiger partial charge in [0.25, 0.3) is 11.8 Å². The van der Waals surface area contributed by atoms with E-state index in [-0.39, 0.29) is 12.5 Å². The molecule has 0 spiro atoms. The number of fused-ring (bicyclic) bond motifs is 1. The normalized spacial score (nSPS) is 14.9. The summed E-state index contributed by atoms with van der Waals surface area (Å²) in [5.41, 5.74) is 9.82. The first-order chi connectivity index (χ1) is 16.0. The van der Waals surface area contributed by atoms with E-state index in [9.17, 15) is 9.59 Å². The SMILES string of the molecule is Cc1cccc(-c2nn(-c3ccccc3)cc2C(=O)N2C[C@H](C(N)=O)Oc3ccccc32)c1. The lowest BCUT2D eigenvalue weighted by atomic mass is 10.0. The van der Waals surface area contributed by atoms with Crippen LogP contribution in [-0.4, -0.2) is 34.2 Å². The van der Waals surface area contributed by atoms with Crippen LogP contribution in [0.2, 0.25) is 0 Å². The molecule has 4 aromatic rings. The van der Waals surface area contributed by atoms with Crippen molar-refractivity contribution in [3.63, 3.8) is 0 Å². The minimum Gasteiger partial charge on any atom is -0.477 e. The molecule has 1 aromatic heterocycles. The lowest BCUT2D eigenvalue weighted by molar-refractivity contribution is -0.124. The molecule has 2 N–H and O–H groups in total. The van der Waals surface area contributed by atoms with Gasteiger partial charge in [0, 0.05) is 11.8 Å². The van der Waals surface area contributed by atoms with Gasteiger partial charge in [0.05, 0.1) is 23.5 Å². The van der Waals surface area contributed by atoms with Gasteiger partial charge in [0.2, 0.25) is 0 Å². The molecule has 33 heavy (non-hydrogen) atoms. The predicted octanol–water partition coefficient (Wildman–Crippen LogP) is 3.74. The Kier molecular flexibility index (Phi) is 5.14. The molecule has 164 valence electrons. The van der Waals surface area contributed by atoms with Gasteiger partial charge in [-0.05, 0) is 37.3 Å². The zero-order chi connectivity index (χ0) is 22.9. The molecule has 1 aliphatic heterocycles. The molecular formula is C26H22N4O3. The Hall–Kier alpha value is -4.39. The summed E-state index contributed by atoms with van der Waals surface area (Å²) < 4.78 is 7.42. The summed E-state index contributed by atoms with van der Waals surface area (Å²) in [5, 5.41) is 4.76. The average molecular weight is 438 g/mol. The summed E-state index contributed by atoms with van der Waals surface area (Å²) in [6.07, 6.45) is 0.794. The van der Waals surface area contributed by atoms with Crippen molar-refractivity contribution in [2.45, 2.75) is 13.0 Å². The Morgan fingerprint density at radius 3 is 2.52 bits per heavy atom. The average Bonchev–Trinajstić information content (AvgIpc) is 3.29. The summed E-state index contributed by atoms with van der Waals surface area (Å²) in [6, 6.07) is 24.6. The Balaban J connectivity index is 1.64. The van der Waals surface area contributed by atoms with Crippen LogP contribution in [-0.2, 0) is 4.79 Å². The van der Waals surface area contributed by atoms with E-state index in [1.54, 1.807) is 34.0 Å². The number of para-hydroxylation sites is 3. The van der Waals surface area contributed by atoms with Gasteiger partial charge < -0.3 is 15.4 Å². The third-order valence-electron chi connectivity index (χ3n) is 5.59. The van der Waals surface area contributed by atoms with Crippen LogP contribution in [0.5, 0.6) is 5.75 Å². The largest absolute Gasteiger partial charge is 0.477 e. The van der Waals surface area contributed by atoms with Crippen LogP contribution < -0.4 is 15.4 Å². The van der Waals surface area contributed by atoms with E-state index in [4.69, 9.17) is 15.6 Å². The molecule has 0 aliphatic carbocycles. The van der Waals surface area contributed by atoms with Crippen molar-refractivity contribution in [3.05, 3.63) is 96.2 Å². The molecular weight excluding hydrogens is 416 g/mol. The third-order valence-corrected chi connectivity index (χ3v) is 5.59. The van der Waals surface area contributed by atoms with Gasteiger partial charge >= 0.3 is 0 Å². The van der Waals surface area contributed by atoms with E-state index >= 15 is 0 Å². The number of hydrogen-bond donors (Lipinski definition) is 1. The number of primary amides is 1. The first-order valence-electron chi connectivity index (χ1n) is 10.6. The van der Waals surface area contributed by atoms with Gasteiger partial charge in [0.1, 0.15) is 11.4 Å². The standard InChI is InChI=1S/C26H22N4O3/c1-17-8-7-9-18(14-17)24-20(15-30(28-24)19-10-3-2-4-11-19)26(32)29-16-23(25(27)31)33-22-13-6-5-12-21(22)29/h2-15,23H,16H2,1H3,(H2,27,31)/t23-/m1/s1. The number of amides is 2. The molecule has 1 aliphatic rings. The molecule has 7 heteroatoms. The number of nitrogens with zero attached hydrogens (tertiary/aromatic N) is 3. The highest BCUT2D eigenvalue weighted by atomic mass is 16.5. The zero-order valence-electron chi connectivity index (χ0n) is 18.0. The van der Waals surface area contributed by atoms with Crippen LogP contribution in [0, 0.1) is 6.92 Å². The van der Waals surface area contributed by atoms with Crippen molar-refractivity contribution in [1.82, 2.24) is 9.78 Å². The van der Waals surface area contributed by atoms with Crippen molar-refractivity contribution in [2.24, 2.45) is 5.73 Å². The Morgan fingerprint density at radius 1 is 1.00 bits per heavy atom. The number of aromatic nitrogens is 2. The summed E-state index contributed by atoms with van der Waals surface area (Å²) in [6.45, 7) is 2.02. The van der Waals surface area contributed by atoms with Crippen LogP contribution in [0.25, 0.3) is 16.9 Å². The van der Waals surface area contributed by atoms with E-state index < -0.39 is 12.0 Å². The fourth-order valence-corrected chi connectivity index (χ4v) is 3.97. The van der Waals surface area contributed by atoms with Gasteiger partial charge in [0.15, 0.2) is 6.10 Å². The van der Waals surface area contributed by atoms with Crippen LogP contribution in [0.4, 0.5) is 5.69 Å². The molecule has 2 heterocycles. The van der Waals surface area contributed by atoms with Crippen molar-refractivity contribution < 1.29 is 14.3 Å². The van der Waals surface area contributed by atoms with Crippen molar-refractivity contribution in [3.8, 4) is 22.7 Å². The molecule has 5 rings (SSSR count). The second-order valence-corrected chi connectivity index (χ2v) is 7.93. The maximum absolute atomic E-state index is 13.9. The topological polar surface area (TPSA) is 90.5 Å². The van der Waals surface area contributed by atoms with Crippen LogP contribution in [0.15, 0.2) is 85.1 Å². The maximum Gasteiger partial charge on any atom is 0.262 e. The second kappa shape index (κ2) is 8.27. The first-order valence-corrected chi connectivity index (χ1v) is 10.6. The van der Waals surface area contributed by atoms with Crippen molar-refractivity contribution in [1.29, 1.82) is 0 Å². The Bertz CT molecular complexity index is 1350. The zero-order valence-corrected chi connectivity index (χ0v) is 18.0. The second-order valence-electron chi connectivity index (χ2n) is 7.93. The van der Waals surface area contributed by atoms with Gasteiger partial charge in [-0.2, -0.15) is 5.10 Å². The first kappa shape index (κ1) is 20.5. The third kappa shape index (κ3) is 3.85. The van der Waals surface area contributed by atoms with Crippen molar-refractivity contribution in [2.75, 3.05) is 11.4 Å². The molecule has 2 amide bonds. The Morgan fingerprint density at radius 2 is 1.76 bits per heavy atom. The monoisotopic (exact) mass is 438 g/mol. The highest BCUT2D eigenvalue weighted by Gasteiger charge is 2.34. The van der Waals surface area contributed by atoms with Crippen molar-refractivity contribution >= 4 is 17.5 Å². The van der Waals surface area contributed by atoms with E-state index in [2.05, 4.69) is 0 Å². The number of rotatable bonds is 4. The van der Waals surface area contributed by atoms with Gasteiger partial charge in [-0.3, -0.25) is 9.59 Å². The summed E-state index contributed by atoms with van der Waals surface area (Å²) >= 11 is 0. The van der Waals surface area contributed by atoms with Crippen LogP contribution >= 0.6 is 0 Å². The number of hydrogen-bond acceptors (Lipinski definition) is 4. The van der Waals surface area contributed by atoms with Crippen LogP contribution in [0.1, 0.15) is 15.9 Å².